The van der Waals surface area contributed by atoms with Gasteiger partial charge in [-0.3, -0.25) is 4.79 Å². The van der Waals surface area contributed by atoms with Crippen LogP contribution in [0.25, 0.3) is 0 Å². The maximum absolute atomic E-state index is 12.1. The van der Waals surface area contributed by atoms with Crippen molar-refractivity contribution in [3.63, 3.8) is 0 Å². The minimum absolute atomic E-state index is 0.256. The molecule has 0 saturated carbocycles. The van der Waals surface area contributed by atoms with E-state index in [0.717, 1.165) is 6.42 Å². The number of allylic oxidation sites excluding steroid dienone is 2. The van der Waals surface area contributed by atoms with Crippen LogP contribution in [-0.4, -0.2) is 19.5 Å². The lowest BCUT2D eigenvalue weighted by Crippen LogP contribution is -2.33. The number of rotatable bonds is 5. The van der Waals surface area contributed by atoms with Gasteiger partial charge >= 0.3 is 0 Å². The van der Waals surface area contributed by atoms with Crippen LogP contribution in [-0.2, 0) is 9.53 Å². The molecule has 0 unspecified atom stereocenters. The molecule has 0 saturated heterocycles. The van der Waals surface area contributed by atoms with Crippen molar-refractivity contribution >= 4 is 5.78 Å². The SMILES string of the molecule is COCC1(C(=O)CC(C)C)C=CCC=C1. The van der Waals surface area contributed by atoms with Crippen LogP contribution in [0.5, 0.6) is 0 Å². The van der Waals surface area contributed by atoms with Gasteiger partial charge in [-0.2, -0.15) is 0 Å². The quantitative estimate of drug-likeness (QED) is 0.649. The third-order valence-corrected chi connectivity index (χ3v) is 2.60. The molecule has 0 aromatic rings. The van der Waals surface area contributed by atoms with Gasteiger partial charge in [-0.25, -0.2) is 0 Å². The molecule has 0 fully saturated rings. The van der Waals surface area contributed by atoms with Crippen molar-refractivity contribution in [1.29, 1.82) is 0 Å². The summed E-state index contributed by atoms with van der Waals surface area (Å²) in [5, 5.41) is 0. The molecule has 84 valence electrons. The van der Waals surface area contributed by atoms with E-state index in [2.05, 4.69) is 13.8 Å². The van der Waals surface area contributed by atoms with Crippen LogP contribution in [0, 0.1) is 11.3 Å². The van der Waals surface area contributed by atoms with Gasteiger partial charge < -0.3 is 4.74 Å². The van der Waals surface area contributed by atoms with E-state index in [9.17, 15) is 4.79 Å². The first-order chi connectivity index (χ1) is 7.10. The molecule has 1 aliphatic carbocycles. The Morgan fingerprint density at radius 1 is 1.40 bits per heavy atom. The second kappa shape index (κ2) is 5.26. The molecular weight excluding hydrogens is 188 g/mol. The first-order valence-corrected chi connectivity index (χ1v) is 5.48. The minimum Gasteiger partial charge on any atom is -0.383 e. The van der Waals surface area contributed by atoms with E-state index < -0.39 is 5.41 Å². The molecule has 0 aromatic heterocycles. The highest BCUT2D eigenvalue weighted by molar-refractivity contribution is 5.89. The number of ether oxygens (including phenoxy) is 1. The van der Waals surface area contributed by atoms with Crippen LogP contribution < -0.4 is 0 Å². The lowest BCUT2D eigenvalue weighted by Gasteiger charge is -2.27. The van der Waals surface area contributed by atoms with Crippen LogP contribution >= 0.6 is 0 Å². The molecule has 2 nitrogen and oxygen atoms in total. The third kappa shape index (κ3) is 3.03. The number of methoxy groups -OCH3 is 1. The van der Waals surface area contributed by atoms with Crippen molar-refractivity contribution in [3.05, 3.63) is 24.3 Å². The smallest absolute Gasteiger partial charge is 0.149 e. The largest absolute Gasteiger partial charge is 0.383 e. The van der Waals surface area contributed by atoms with Gasteiger partial charge in [-0.05, 0) is 12.3 Å². The van der Waals surface area contributed by atoms with Gasteiger partial charge in [0.25, 0.3) is 0 Å². The summed E-state index contributed by atoms with van der Waals surface area (Å²) < 4.78 is 5.16. The summed E-state index contributed by atoms with van der Waals surface area (Å²) in [4.78, 5) is 12.1. The standard InChI is InChI=1S/C13H20O2/c1-11(2)9-12(14)13(10-15-3)7-5-4-6-8-13/h5-8,11H,4,9-10H2,1-3H3. The molecule has 0 radical (unpaired) electrons. The Morgan fingerprint density at radius 2 is 2.00 bits per heavy atom. The normalized spacial score (nSPS) is 18.4. The van der Waals surface area contributed by atoms with Gasteiger partial charge in [0.2, 0.25) is 0 Å². The van der Waals surface area contributed by atoms with E-state index in [-0.39, 0.29) is 5.78 Å². The second-order valence-corrected chi connectivity index (χ2v) is 4.53. The molecular formula is C13H20O2. The molecule has 0 aliphatic heterocycles. The van der Waals surface area contributed by atoms with Crippen LogP contribution in [0.15, 0.2) is 24.3 Å². The number of carbonyl (C=O) groups is 1. The summed E-state index contributed by atoms with van der Waals surface area (Å²) in [6.07, 6.45) is 9.58. The Balaban J connectivity index is 2.80. The van der Waals surface area contributed by atoms with Gasteiger partial charge in [0, 0.05) is 13.5 Å². The molecule has 0 N–H and O–H groups in total. The average molecular weight is 208 g/mol. The molecule has 0 spiro atoms. The maximum Gasteiger partial charge on any atom is 0.149 e. The zero-order valence-electron chi connectivity index (χ0n) is 9.82. The van der Waals surface area contributed by atoms with Crippen molar-refractivity contribution < 1.29 is 9.53 Å². The van der Waals surface area contributed by atoms with Crippen LogP contribution in [0.4, 0.5) is 0 Å². The van der Waals surface area contributed by atoms with Gasteiger partial charge in [0.1, 0.15) is 5.78 Å². The first kappa shape index (κ1) is 12.2. The van der Waals surface area contributed by atoms with Crippen LogP contribution in [0.3, 0.4) is 0 Å². The average Bonchev–Trinajstić information content (AvgIpc) is 2.18. The van der Waals surface area contributed by atoms with E-state index in [1.807, 2.05) is 24.3 Å². The number of ketones is 1. The van der Waals surface area contributed by atoms with E-state index in [4.69, 9.17) is 4.74 Å². The Labute approximate surface area is 92.0 Å². The fourth-order valence-electron chi connectivity index (χ4n) is 1.85. The number of hydrogen-bond acceptors (Lipinski definition) is 2. The van der Waals surface area contributed by atoms with Crippen LogP contribution in [0.1, 0.15) is 26.7 Å². The lowest BCUT2D eigenvalue weighted by molar-refractivity contribution is -0.127. The zero-order valence-corrected chi connectivity index (χ0v) is 9.82. The fraction of sp³-hybridized carbons (Fsp3) is 0.615. The third-order valence-electron chi connectivity index (χ3n) is 2.60. The Morgan fingerprint density at radius 3 is 2.47 bits per heavy atom. The highest BCUT2D eigenvalue weighted by Gasteiger charge is 2.33. The summed E-state index contributed by atoms with van der Waals surface area (Å²) in [6, 6.07) is 0. The molecule has 2 heteroatoms. The van der Waals surface area contributed by atoms with E-state index >= 15 is 0 Å². The molecule has 1 aliphatic rings. The molecule has 0 aromatic carbocycles. The first-order valence-electron chi connectivity index (χ1n) is 5.48. The second-order valence-electron chi connectivity index (χ2n) is 4.53. The molecule has 0 bridgehead atoms. The Bertz CT molecular complexity index is 262. The van der Waals surface area contributed by atoms with Gasteiger partial charge in [-0.1, -0.05) is 38.2 Å². The lowest BCUT2D eigenvalue weighted by atomic mass is 9.78. The Hall–Kier alpha value is -0.890. The molecule has 0 heterocycles. The molecule has 0 amide bonds. The summed E-state index contributed by atoms with van der Waals surface area (Å²) >= 11 is 0. The van der Waals surface area contributed by atoms with Gasteiger partial charge in [0.05, 0.1) is 12.0 Å². The fourth-order valence-corrected chi connectivity index (χ4v) is 1.85. The number of carbonyl (C=O) groups excluding carboxylic acids is 1. The van der Waals surface area contributed by atoms with E-state index in [0.29, 0.717) is 18.9 Å². The maximum atomic E-state index is 12.1. The van der Waals surface area contributed by atoms with Crippen LogP contribution in [0.2, 0.25) is 0 Å². The van der Waals surface area contributed by atoms with Gasteiger partial charge in [0.15, 0.2) is 0 Å². The number of Topliss-reactive ketones (excluding diaryl/α,β-unsaturated/α-hetero) is 1. The molecule has 0 atom stereocenters. The van der Waals surface area contributed by atoms with Crippen molar-refractivity contribution in [2.75, 3.05) is 13.7 Å². The summed E-state index contributed by atoms with van der Waals surface area (Å²) in [7, 11) is 1.64. The van der Waals surface area contributed by atoms with E-state index in [1.54, 1.807) is 7.11 Å². The van der Waals surface area contributed by atoms with Gasteiger partial charge in [-0.15, -0.1) is 0 Å². The topological polar surface area (TPSA) is 26.3 Å². The predicted molar refractivity (Wildman–Crippen MR) is 61.7 cm³/mol. The highest BCUT2D eigenvalue weighted by Crippen LogP contribution is 2.29. The van der Waals surface area contributed by atoms with Crippen molar-refractivity contribution in [2.24, 2.45) is 11.3 Å². The van der Waals surface area contributed by atoms with Crippen molar-refractivity contribution in [1.82, 2.24) is 0 Å². The predicted octanol–water partition coefficient (Wildman–Crippen LogP) is 2.75. The summed E-state index contributed by atoms with van der Waals surface area (Å²) in [5.74, 6) is 0.654. The molecule has 15 heavy (non-hydrogen) atoms. The Kier molecular flexibility index (Phi) is 4.28. The highest BCUT2D eigenvalue weighted by atomic mass is 16.5. The van der Waals surface area contributed by atoms with E-state index in [1.165, 1.54) is 0 Å². The monoisotopic (exact) mass is 208 g/mol. The van der Waals surface area contributed by atoms with Crippen molar-refractivity contribution in [2.45, 2.75) is 26.7 Å². The van der Waals surface area contributed by atoms with Crippen molar-refractivity contribution in [3.8, 4) is 0 Å². The summed E-state index contributed by atoms with van der Waals surface area (Å²) in [5.41, 5.74) is -0.503. The minimum atomic E-state index is -0.503. The summed E-state index contributed by atoms with van der Waals surface area (Å²) in [6.45, 7) is 4.58. The zero-order chi connectivity index (χ0) is 11.3. The molecule has 1 rings (SSSR count). The number of hydrogen-bond donors (Lipinski definition) is 0.